The number of hydrogen-bond acceptors (Lipinski definition) is 6. The molecular formula is C16H18F3N5O5S. The maximum Gasteiger partial charge on any atom is 0.417 e. The third-order valence-corrected chi connectivity index (χ3v) is 7.16. The van der Waals surface area contributed by atoms with E-state index in [1.54, 1.807) is 0 Å². The van der Waals surface area contributed by atoms with Crippen molar-refractivity contribution in [2.75, 3.05) is 45.9 Å². The largest absolute Gasteiger partial charge is 0.447 e. The van der Waals surface area contributed by atoms with Gasteiger partial charge in [0.15, 0.2) is 0 Å². The fourth-order valence-electron chi connectivity index (χ4n) is 3.67. The van der Waals surface area contributed by atoms with Crippen LogP contribution in [0.5, 0.6) is 0 Å². The molecule has 164 valence electrons. The van der Waals surface area contributed by atoms with Gasteiger partial charge in [0.2, 0.25) is 10.0 Å². The van der Waals surface area contributed by atoms with Crippen LogP contribution in [0.1, 0.15) is 5.56 Å². The Morgan fingerprint density at radius 3 is 2.37 bits per heavy atom. The van der Waals surface area contributed by atoms with Gasteiger partial charge in [-0.3, -0.25) is 4.98 Å². The van der Waals surface area contributed by atoms with Gasteiger partial charge in [-0.1, -0.05) is 0 Å². The third-order valence-electron chi connectivity index (χ3n) is 5.29. The predicted molar refractivity (Wildman–Crippen MR) is 93.8 cm³/mol. The number of alkyl halides is 3. The summed E-state index contributed by atoms with van der Waals surface area (Å²) < 4.78 is 69.9. The maximum atomic E-state index is 12.9. The smallest absolute Gasteiger partial charge is 0.417 e. The number of alkyl carbamates (subject to hydrolysis) is 1. The molecule has 3 saturated heterocycles. The van der Waals surface area contributed by atoms with Crippen LogP contribution < -0.4 is 5.32 Å². The van der Waals surface area contributed by atoms with Gasteiger partial charge in [0.25, 0.3) is 0 Å². The van der Waals surface area contributed by atoms with Crippen LogP contribution in [-0.4, -0.2) is 91.0 Å². The third kappa shape index (κ3) is 3.64. The van der Waals surface area contributed by atoms with E-state index < -0.39 is 38.3 Å². The Morgan fingerprint density at radius 1 is 1.13 bits per heavy atom. The molecule has 4 rings (SSSR count). The fraction of sp³-hybridized carbons (Fsp3) is 0.562. The number of cyclic esters (lactones) is 1. The summed E-state index contributed by atoms with van der Waals surface area (Å²) in [5.74, 6) is 0. The number of aromatic nitrogens is 1. The second kappa shape index (κ2) is 6.97. The van der Waals surface area contributed by atoms with Crippen molar-refractivity contribution in [3.05, 3.63) is 24.0 Å². The Bertz CT molecular complexity index is 972. The minimum Gasteiger partial charge on any atom is -0.447 e. The van der Waals surface area contributed by atoms with Gasteiger partial charge < -0.3 is 19.9 Å². The molecule has 3 fully saturated rings. The van der Waals surface area contributed by atoms with E-state index in [1.807, 2.05) is 0 Å². The molecule has 10 nitrogen and oxygen atoms in total. The average Bonchev–Trinajstić information content (AvgIpc) is 3.08. The van der Waals surface area contributed by atoms with Crippen molar-refractivity contribution in [2.45, 2.75) is 16.6 Å². The number of amides is 3. The molecule has 0 saturated carbocycles. The van der Waals surface area contributed by atoms with Crippen LogP contribution in [0.2, 0.25) is 0 Å². The molecule has 1 aromatic rings. The van der Waals surface area contributed by atoms with Crippen molar-refractivity contribution in [3.8, 4) is 0 Å². The van der Waals surface area contributed by atoms with Crippen molar-refractivity contribution >= 4 is 22.1 Å². The fourth-order valence-corrected chi connectivity index (χ4v) is 5.08. The summed E-state index contributed by atoms with van der Waals surface area (Å²) >= 11 is 0. The first-order valence-electron chi connectivity index (χ1n) is 9.01. The molecule has 0 aliphatic carbocycles. The molecule has 0 bridgehead atoms. The van der Waals surface area contributed by atoms with Gasteiger partial charge >= 0.3 is 18.3 Å². The van der Waals surface area contributed by atoms with Crippen LogP contribution in [0.15, 0.2) is 23.4 Å². The van der Waals surface area contributed by atoms with E-state index >= 15 is 0 Å². The second-order valence-corrected chi connectivity index (χ2v) is 9.36. The van der Waals surface area contributed by atoms with Crippen molar-refractivity contribution in [1.82, 2.24) is 24.4 Å². The molecule has 30 heavy (non-hydrogen) atoms. The van der Waals surface area contributed by atoms with Crippen molar-refractivity contribution < 1.29 is 35.9 Å². The number of urea groups is 1. The number of carbonyl (C=O) groups excluding carboxylic acids is 2. The Kier molecular flexibility index (Phi) is 4.80. The molecule has 0 unspecified atom stereocenters. The van der Waals surface area contributed by atoms with Crippen LogP contribution >= 0.6 is 0 Å². The van der Waals surface area contributed by atoms with E-state index in [-0.39, 0.29) is 38.8 Å². The molecule has 0 atom stereocenters. The number of piperazine rings is 1. The first-order chi connectivity index (χ1) is 14.0. The summed E-state index contributed by atoms with van der Waals surface area (Å²) in [5.41, 5.74) is -1.71. The molecular weight excluding hydrogens is 431 g/mol. The average molecular weight is 449 g/mol. The summed E-state index contributed by atoms with van der Waals surface area (Å²) in [5, 5.41) is 2.67. The van der Waals surface area contributed by atoms with Gasteiger partial charge in [0.1, 0.15) is 17.0 Å². The quantitative estimate of drug-likeness (QED) is 0.696. The molecule has 0 aromatic carbocycles. The highest BCUT2D eigenvalue weighted by Crippen LogP contribution is 2.31. The molecule has 1 spiro atoms. The van der Waals surface area contributed by atoms with Crippen LogP contribution in [0.25, 0.3) is 0 Å². The number of rotatable bonds is 2. The minimum absolute atomic E-state index is 0.0524. The number of carbonyl (C=O) groups is 2. The summed E-state index contributed by atoms with van der Waals surface area (Å²) in [4.78, 5) is 29.6. The Morgan fingerprint density at radius 2 is 1.80 bits per heavy atom. The predicted octanol–water partition coefficient (Wildman–Crippen LogP) is 0.321. The summed E-state index contributed by atoms with van der Waals surface area (Å²) in [6.45, 7) is 0.866. The lowest BCUT2D eigenvalue weighted by molar-refractivity contribution is -0.138. The normalized spacial score (nSPS) is 21.9. The highest BCUT2D eigenvalue weighted by Gasteiger charge is 2.52. The van der Waals surface area contributed by atoms with Crippen molar-refractivity contribution in [2.24, 2.45) is 0 Å². The number of likely N-dealkylation sites (tertiary alicyclic amines) is 1. The molecule has 3 aliphatic heterocycles. The van der Waals surface area contributed by atoms with Gasteiger partial charge in [-0.25, -0.2) is 18.0 Å². The standard InChI is InChI=1S/C16H18F3N5O5S/c17-16(18,19)11-5-12(7-20-6-11)30(27,28)24-3-1-22(2-4-24)14(26)23-8-15(9-23)10-29-13(25)21-15/h5-7H,1-4,8-10H2,(H,21,25). The Balaban J connectivity index is 1.36. The highest BCUT2D eigenvalue weighted by molar-refractivity contribution is 7.89. The van der Waals surface area contributed by atoms with Crippen LogP contribution in [0.3, 0.4) is 0 Å². The first kappa shape index (κ1) is 20.7. The lowest BCUT2D eigenvalue weighted by atomic mass is 9.92. The number of nitrogens with one attached hydrogen (secondary N) is 1. The molecule has 1 N–H and O–H groups in total. The number of halogens is 3. The zero-order valence-electron chi connectivity index (χ0n) is 15.6. The Hall–Kier alpha value is -2.61. The summed E-state index contributed by atoms with van der Waals surface area (Å²) in [6, 6.07) is 0.261. The lowest BCUT2D eigenvalue weighted by Gasteiger charge is -2.48. The van der Waals surface area contributed by atoms with Gasteiger partial charge in [-0.05, 0) is 6.07 Å². The maximum absolute atomic E-state index is 12.9. The van der Waals surface area contributed by atoms with Gasteiger partial charge in [-0.15, -0.1) is 0 Å². The number of nitrogens with zero attached hydrogens (tertiary/aromatic N) is 4. The molecule has 3 aliphatic rings. The van der Waals surface area contributed by atoms with Crippen LogP contribution in [0, 0.1) is 0 Å². The zero-order chi connectivity index (χ0) is 21.7. The summed E-state index contributed by atoms with van der Waals surface area (Å²) in [6.07, 6.45) is -3.79. The topological polar surface area (TPSA) is 112 Å². The Labute approximate surface area is 169 Å². The van der Waals surface area contributed by atoms with Crippen LogP contribution in [-0.2, 0) is 20.9 Å². The van der Waals surface area contributed by atoms with Gasteiger partial charge in [0, 0.05) is 38.6 Å². The number of pyridine rings is 1. The monoisotopic (exact) mass is 449 g/mol. The van der Waals surface area contributed by atoms with Crippen LogP contribution in [0.4, 0.5) is 22.8 Å². The summed E-state index contributed by atoms with van der Waals surface area (Å²) in [7, 11) is -4.17. The van der Waals surface area contributed by atoms with E-state index in [2.05, 4.69) is 10.3 Å². The van der Waals surface area contributed by atoms with Crippen molar-refractivity contribution in [3.63, 3.8) is 0 Å². The van der Waals surface area contributed by atoms with E-state index in [1.165, 1.54) is 9.80 Å². The van der Waals surface area contributed by atoms with E-state index in [4.69, 9.17) is 4.74 Å². The number of ether oxygens (including phenoxy) is 1. The molecule has 4 heterocycles. The van der Waals surface area contributed by atoms with Gasteiger partial charge in [-0.2, -0.15) is 17.5 Å². The highest BCUT2D eigenvalue weighted by atomic mass is 32.2. The van der Waals surface area contributed by atoms with E-state index in [9.17, 15) is 31.2 Å². The second-order valence-electron chi connectivity index (χ2n) is 7.42. The van der Waals surface area contributed by atoms with Gasteiger partial charge in [0.05, 0.1) is 18.7 Å². The lowest BCUT2D eigenvalue weighted by Crippen LogP contribution is -2.72. The minimum atomic E-state index is -4.71. The molecule has 14 heteroatoms. The zero-order valence-corrected chi connectivity index (χ0v) is 16.4. The van der Waals surface area contributed by atoms with E-state index in [0.717, 1.165) is 10.5 Å². The molecule has 0 radical (unpaired) electrons. The SMILES string of the molecule is O=C1NC2(CO1)CN(C(=O)N1CCN(S(=O)(=O)c3cncc(C(F)(F)F)c3)CC1)C2. The number of hydrogen-bond donors (Lipinski definition) is 1. The van der Waals surface area contributed by atoms with Crippen molar-refractivity contribution in [1.29, 1.82) is 0 Å². The van der Waals surface area contributed by atoms with E-state index in [0.29, 0.717) is 25.4 Å². The number of sulfonamides is 1. The molecule has 3 amide bonds. The molecule has 1 aromatic heterocycles. The first-order valence-corrected chi connectivity index (χ1v) is 10.5.